The van der Waals surface area contributed by atoms with Gasteiger partial charge in [-0.2, -0.15) is 0 Å². The van der Waals surface area contributed by atoms with Crippen molar-refractivity contribution < 1.29 is 8.42 Å². The number of sulfonamides is 1. The van der Waals surface area contributed by atoms with E-state index < -0.39 is 10.0 Å². The van der Waals surface area contributed by atoms with E-state index in [0.29, 0.717) is 23.4 Å². The average Bonchev–Trinajstić information content (AvgIpc) is 3.41. The van der Waals surface area contributed by atoms with Crippen molar-refractivity contribution in [2.75, 3.05) is 10.8 Å². The summed E-state index contributed by atoms with van der Waals surface area (Å²) in [5.74, 6) is 0.415. The van der Waals surface area contributed by atoms with Crippen molar-refractivity contribution in [3.8, 4) is 0 Å². The minimum Gasteiger partial charge on any atom is -0.289 e. The monoisotopic (exact) mass is 403 g/mol. The van der Waals surface area contributed by atoms with E-state index in [4.69, 9.17) is 4.99 Å². The molecule has 146 valence electrons. The number of pyridine rings is 1. The van der Waals surface area contributed by atoms with Crippen LogP contribution in [0.2, 0.25) is 0 Å². The van der Waals surface area contributed by atoms with Crippen LogP contribution in [0, 0.1) is 0 Å². The second kappa shape index (κ2) is 7.12. The van der Waals surface area contributed by atoms with Gasteiger partial charge < -0.3 is 0 Å². The minimum absolute atomic E-state index is 0.298. The molecule has 1 fully saturated rings. The first-order valence-corrected chi connectivity index (χ1v) is 11.2. The molecule has 2 atom stereocenters. The molecule has 1 aliphatic heterocycles. The molecule has 2 aromatic carbocycles. The van der Waals surface area contributed by atoms with E-state index >= 15 is 0 Å². The first kappa shape index (κ1) is 18.1. The molecule has 0 spiro atoms. The maximum atomic E-state index is 13.0. The maximum Gasteiger partial charge on any atom is 0.264 e. The zero-order chi connectivity index (χ0) is 19.8. The molecular formula is C23H21N3O2S. The summed E-state index contributed by atoms with van der Waals surface area (Å²) in [4.78, 5) is 9.05. The molecule has 0 N–H and O–H groups in total. The first-order valence-electron chi connectivity index (χ1n) is 9.77. The molecule has 6 heteroatoms. The Balaban J connectivity index is 1.34. The Labute approximate surface area is 170 Å². The van der Waals surface area contributed by atoms with Crippen LogP contribution in [0.1, 0.15) is 29.0 Å². The Kier molecular flexibility index (Phi) is 4.43. The molecule has 1 aliphatic carbocycles. The number of rotatable bonds is 5. The molecule has 0 bridgehead atoms. The highest BCUT2D eigenvalue weighted by Crippen LogP contribution is 2.45. The number of hydrogen-bond donors (Lipinski definition) is 0. The van der Waals surface area contributed by atoms with Gasteiger partial charge in [0.05, 0.1) is 16.6 Å². The van der Waals surface area contributed by atoms with E-state index in [1.807, 2.05) is 30.5 Å². The molecule has 5 rings (SSSR count). The molecule has 29 heavy (non-hydrogen) atoms. The molecule has 2 heterocycles. The third-order valence-electron chi connectivity index (χ3n) is 5.59. The average molecular weight is 404 g/mol. The lowest BCUT2D eigenvalue weighted by Gasteiger charge is -2.19. The number of benzene rings is 2. The zero-order valence-electron chi connectivity index (χ0n) is 15.8. The van der Waals surface area contributed by atoms with E-state index in [2.05, 4.69) is 17.1 Å². The Morgan fingerprint density at radius 3 is 2.62 bits per heavy atom. The summed E-state index contributed by atoms with van der Waals surface area (Å²) < 4.78 is 27.5. The normalized spacial score (nSPS) is 20.8. The summed E-state index contributed by atoms with van der Waals surface area (Å²) in [6.07, 6.45) is 7.22. The maximum absolute atomic E-state index is 13.0. The number of nitrogens with zero attached hydrogens (tertiary/aromatic N) is 3. The Morgan fingerprint density at radius 1 is 1.03 bits per heavy atom. The largest absolute Gasteiger partial charge is 0.289 e. The van der Waals surface area contributed by atoms with Gasteiger partial charge in [0.15, 0.2) is 0 Å². The van der Waals surface area contributed by atoms with Gasteiger partial charge >= 0.3 is 0 Å². The summed E-state index contributed by atoms with van der Waals surface area (Å²) >= 11 is 0. The summed E-state index contributed by atoms with van der Waals surface area (Å²) in [6, 6.07) is 19.0. The van der Waals surface area contributed by atoms with Gasteiger partial charge in [0.2, 0.25) is 0 Å². The van der Waals surface area contributed by atoms with Gasteiger partial charge in [0.25, 0.3) is 10.0 Å². The van der Waals surface area contributed by atoms with Gasteiger partial charge in [-0.05, 0) is 59.9 Å². The number of fused-ring (bicyclic) bond motifs is 1. The lowest BCUT2D eigenvalue weighted by molar-refractivity contribution is 0.592. The van der Waals surface area contributed by atoms with Crippen LogP contribution >= 0.6 is 0 Å². The predicted molar refractivity (Wildman–Crippen MR) is 114 cm³/mol. The van der Waals surface area contributed by atoms with Crippen molar-refractivity contribution in [1.82, 2.24) is 4.98 Å². The first-order chi connectivity index (χ1) is 14.1. The summed E-state index contributed by atoms with van der Waals surface area (Å²) in [6.45, 7) is 0.490. The highest BCUT2D eigenvalue weighted by Gasteiger charge is 2.39. The second-order valence-electron chi connectivity index (χ2n) is 7.50. The van der Waals surface area contributed by atoms with Gasteiger partial charge in [-0.3, -0.25) is 14.3 Å². The summed E-state index contributed by atoms with van der Waals surface area (Å²) in [7, 11) is -3.51. The van der Waals surface area contributed by atoms with Crippen molar-refractivity contribution in [3.63, 3.8) is 0 Å². The van der Waals surface area contributed by atoms with E-state index in [-0.39, 0.29) is 0 Å². The smallest absolute Gasteiger partial charge is 0.264 e. The van der Waals surface area contributed by atoms with Crippen molar-refractivity contribution in [2.24, 2.45) is 4.99 Å². The molecule has 1 aromatic heterocycles. The Morgan fingerprint density at radius 2 is 1.83 bits per heavy atom. The van der Waals surface area contributed by atoms with Crippen molar-refractivity contribution in [3.05, 3.63) is 89.7 Å². The Hall–Kier alpha value is -2.99. The van der Waals surface area contributed by atoms with Crippen molar-refractivity contribution in [2.45, 2.75) is 29.7 Å². The zero-order valence-corrected chi connectivity index (χ0v) is 16.7. The van der Waals surface area contributed by atoms with Gasteiger partial charge in [0.1, 0.15) is 0 Å². The van der Waals surface area contributed by atoms with E-state index in [1.165, 1.54) is 9.87 Å². The van der Waals surface area contributed by atoms with Crippen LogP contribution < -0.4 is 4.31 Å². The summed E-state index contributed by atoms with van der Waals surface area (Å²) in [5.41, 5.74) is 4.21. The SMILES string of the molecule is O=S(=O)(c1ccccc1)N1CCc2cc(C3CC3N=Cc3ccncc3)ccc21. The fourth-order valence-corrected chi connectivity index (χ4v) is 5.45. The molecule has 0 amide bonds. The van der Waals surface area contributed by atoms with E-state index in [0.717, 1.165) is 29.7 Å². The quantitative estimate of drug-likeness (QED) is 0.609. The number of aromatic nitrogens is 1. The van der Waals surface area contributed by atoms with Crippen LogP contribution in [0.25, 0.3) is 0 Å². The number of aliphatic imine (C=N–C) groups is 1. The molecule has 0 radical (unpaired) electrons. The number of anilines is 1. The van der Waals surface area contributed by atoms with Crippen LogP contribution in [0.5, 0.6) is 0 Å². The van der Waals surface area contributed by atoms with Crippen LogP contribution in [-0.4, -0.2) is 32.2 Å². The van der Waals surface area contributed by atoms with Gasteiger partial charge in [-0.1, -0.05) is 30.3 Å². The van der Waals surface area contributed by atoms with E-state index in [9.17, 15) is 8.42 Å². The molecule has 2 aliphatic rings. The number of hydrogen-bond acceptors (Lipinski definition) is 4. The molecular weight excluding hydrogens is 382 g/mol. The predicted octanol–water partition coefficient (Wildman–Crippen LogP) is 3.81. The summed E-state index contributed by atoms with van der Waals surface area (Å²) in [5, 5.41) is 0. The molecule has 1 saturated carbocycles. The lowest BCUT2D eigenvalue weighted by Crippen LogP contribution is -2.29. The van der Waals surface area contributed by atoms with Crippen LogP contribution in [0.4, 0.5) is 5.69 Å². The van der Waals surface area contributed by atoms with Crippen molar-refractivity contribution in [1.29, 1.82) is 0 Å². The molecule has 2 unspecified atom stereocenters. The third-order valence-corrected chi connectivity index (χ3v) is 7.42. The Bertz CT molecular complexity index is 1160. The highest BCUT2D eigenvalue weighted by molar-refractivity contribution is 7.92. The van der Waals surface area contributed by atoms with Gasteiger partial charge in [0, 0.05) is 31.1 Å². The molecule has 3 aromatic rings. The van der Waals surface area contributed by atoms with Gasteiger partial charge in [-0.15, -0.1) is 0 Å². The molecule has 0 saturated heterocycles. The van der Waals surface area contributed by atoms with Crippen molar-refractivity contribution >= 4 is 21.9 Å². The highest BCUT2D eigenvalue weighted by atomic mass is 32.2. The van der Waals surface area contributed by atoms with Crippen LogP contribution in [0.3, 0.4) is 0 Å². The fourth-order valence-electron chi connectivity index (χ4n) is 3.93. The third kappa shape index (κ3) is 3.44. The molecule has 5 nitrogen and oxygen atoms in total. The van der Waals surface area contributed by atoms with Crippen LogP contribution in [-0.2, 0) is 16.4 Å². The fraction of sp³-hybridized carbons (Fsp3) is 0.217. The standard InChI is InChI=1S/C23H21N3O2S/c27-29(28,20-4-2-1-3-5-20)26-13-10-19-14-18(6-7-23(19)26)21-15-22(21)25-16-17-8-11-24-12-9-17/h1-9,11-12,14,16,21-22H,10,13,15H2. The van der Waals surface area contributed by atoms with Gasteiger partial charge in [-0.25, -0.2) is 8.42 Å². The lowest BCUT2D eigenvalue weighted by atomic mass is 10.0. The van der Waals surface area contributed by atoms with Crippen LogP contribution in [0.15, 0.2) is 82.9 Å². The van der Waals surface area contributed by atoms with E-state index in [1.54, 1.807) is 36.7 Å². The minimum atomic E-state index is -3.51. The second-order valence-corrected chi connectivity index (χ2v) is 9.36. The topological polar surface area (TPSA) is 62.6 Å².